The highest BCUT2D eigenvalue weighted by atomic mass is 19.4. The van der Waals surface area contributed by atoms with Gasteiger partial charge in [-0.05, 0) is 18.6 Å². The highest BCUT2D eigenvalue weighted by Gasteiger charge is 2.33. The maximum absolute atomic E-state index is 12.6. The second kappa shape index (κ2) is 5.18. The molecule has 3 nitrogen and oxygen atoms in total. The number of aliphatic carboxylic acids is 1. The van der Waals surface area contributed by atoms with Crippen LogP contribution in [0, 0.1) is 0 Å². The molecule has 1 aromatic rings. The maximum Gasteiger partial charge on any atom is 0.416 e. The Morgan fingerprint density at radius 2 is 2.00 bits per heavy atom. The Morgan fingerprint density at radius 3 is 2.53 bits per heavy atom. The van der Waals surface area contributed by atoms with E-state index in [1.807, 2.05) is 0 Å². The van der Waals surface area contributed by atoms with Crippen LogP contribution < -0.4 is 0 Å². The van der Waals surface area contributed by atoms with Gasteiger partial charge in [-0.3, -0.25) is 0 Å². The molecular weight excluding hydrogens is 237 g/mol. The van der Waals surface area contributed by atoms with Crippen LogP contribution in [0.25, 0.3) is 0 Å². The summed E-state index contributed by atoms with van der Waals surface area (Å²) in [4.78, 5) is 10.5. The van der Waals surface area contributed by atoms with Gasteiger partial charge in [-0.2, -0.15) is 13.2 Å². The molecule has 0 fully saturated rings. The number of benzene rings is 1. The minimum atomic E-state index is -4.47. The molecular formula is C11H11F3O3. The van der Waals surface area contributed by atoms with Crippen molar-refractivity contribution in [1.82, 2.24) is 0 Å². The molecule has 0 aliphatic carbocycles. The highest BCUT2D eigenvalue weighted by molar-refractivity contribution is 5.71. The van der Waals surface area contributed by atoms with E-state index in [4.69, 9.17) is 9.84 Å². The van der Waals surface area contributed by atoms with Gasteiger partial charge in [-0.25, -0.2) is 4.79 Å². The first-order valence-electron chi connectivity index (χ1n) is 4.82. The minimum Gasteiger partial charge on any atom is -0.479 e. The highest BCUT2D eigenvalue weighted by Crippen LogP contribution is 2.32. The number of rotatable bonds is 4. The summed E-state index contributed by atoms with van der Waals surface area (Å²) in [5, 5.41) is 8.54. The summed E-state index contributed by atoms with van der Waals surface area (Å²) in [6.45, 7) is 0.877. The van der Waals surface area contributed by atoms with Crippen molar-refractivity contribution in [1.29, 1.82) is 0 Å². The van der Waals surface area contributed by atoms with Crippen molar-refractivity contribution in [2.24, 2.45) is 0 Å². The Hall–Kier alpha value is -1.56. The first-order chi connectivity index (χ1) is 7.82. The normalized spacial score (nSPS) is 13.4. The van der Waals surface area contributed by atoms with Crippen molar-refractivity contribution < 1.29 is 27.8 Å². The van der Waals surface area contributed by atoms with E-state index in [1.54, 1.807) is 0 Å². The third-order valence-corrected chi connectivity index (χ3v) is 2.16. The van der Waals surface area contributed by atoms with Gasteiger partial charge in [0.1, 0.15) is 0 Å². The third kappa shape index (κ3) is 3.74. The third-order valence-electron chi connectivity index (χ3n) is 2.16. The van der Waals surface area contributed by atoms with E-state index in [2.05, 4.69) is 0 Å². The lowest BCUT2D eigenvalue weighted by atomic mass is 10.1. The molecule has 1 atom stereocenters. The van der Waals surface area contributed by atoms with Crippen molar-refractivity contribution in [2.45, 2.75) is 25.8 Å². The van der Waals surface area contributed by atoms with Gasteiger partial charge in [0.25, 0.3) is 0 Å². The van der Waals surface area contributed by atoms with Crippen LogP contribution in [-0.4, -0.2) is 17.2 Å². The molecule has 94 valence electrons. The van der Waals surface area contributed by atoms with E-state index >= 15 is 0 Å². The van der Waals surface area contributed by atoms with E-state index < -0.39 is 23.8 Å². The summed E-state index contributed by atoms with van der Waals surface area (Å²) >= 11 is 0. The predicted molar refractivity (Wildman–Crippen MR) is 53.3 cm³/mol. The van der Waals surface area contributed by atoms with Gasteiger partial charge in [0, 0.05) is 0 Å². The monoisotopic (exact) mass is 248 g/mol. The van der Waals surface area contributed by atoms with E-state index in [-0.39, 0.29) is 12.2 Å². The van der Waals surface area contributed by atoms with Gasteiger partial charge in [0.2, 0.25) is 0 Å². The zero-order valence-corrected chi connectivity index (χ0v) is 8.99. The van der Waals surface area contributed by atoms with Crippen molar-refractivity contribution >= 4 is 5.97 Å². The molecule has 1 aromatic carbocycles. The smallest absolute Gasteiger partial charge is 0.416 e. The van der Waals surface area contributed by atoms with Crippen molar-refractivity contribution in [3.63, 3.8) is 0 Å². The number of carboxylic acid groups (broad SMARTS) is 1. The number of hydrogen-bond acceptors (Lipinski definition) is 2. The molecule has 1 rings (SSSR count). The Bertz CT molecular complexity index is 401. The van der Waals surface area contributed by atoms with E-state index in [0.29, 0.717) is 0 Å². The molecule has 0 spiro atoms. The van der Waals surface area contributed by atoms with Gasteiger partial charge in [0.05, 0.1) is 12.2 Å². The second-order valence-electron chi connectivity index (χ2n) is 3.45. The van der Waals surface area contributed by atoms with Crippen LogP contribution in [0.5, 0.6) is 0 Å². The van der Waals surface area contributed by atoms with Crippen LogP contribution >= 0.6 is 0 Å². The quantitative estimate of drug-likeness (QED) is 0.891. The molecule has 0 bridgehead atoms. The summed E-state index contributed by atoms with van der Waals surface area (Å²) in [6.07, 6.45) is -5.61. The topological polar surface area (TPSA) is 46.5 Å². The Balaban J connectivity index is 2.81. The predicted octanol–water partition coefficient (Wildman–Crippen LogP) is 2.70. The average molecular weight is 248 g/mol. The standard InChI is InChI=1S/C11H11F3O3/c1-7(10(15)16)17-6-8-4-2-3-5-9(8)11(12,13)14/h2-5,7H,6H2,1H3,(H,15,16). The van der Waals surface area contributed by atoms with Crippen molar-refractivity contribution in [3.05, 3.63) is 35.4 Å². The van der Waals surface area contributed by atoms with Crippen molar-refractivity contribution in [2.75, 3.05) is 0 Å². The fourth-order valence-corrected chi connectivity index (χ4v) is 1.21. The Morgan fingerprint density at radius 1 is 1.41 bits per heavy atom. The first kappa shape index (κ1) is 13.5. The second-order valence-corrected chi connectivity index (χ2v) is 3.45. The number of carbonyl (C=O) groups is 1. The summed E-state index contributed by atoms with van der Waals surface area (Å²) in [5.74, 6) is -1.21. The van der Waals surface area contributed by atoms with Crippen LogP contribution in [-0.2, 0) is 22.3 Å². The summed E-state index contributed by atoms with van der Waals surface area (Å²) in [5.41, 5.74) is -0.884. The van der Waals surface area contributed by atoms with Gasteiger partial charge >= 0.3 is 12.1 Å². The summed E-state index contributed by atoms with van der Waals surface area (Å²) in [7, 11) is 0. The molecule has 1 N–H and O–H groups in total. The van der Waals surface area contributed by atoms with Gasteiger partial charge in [-0.15, -0.1) is 0 Å². The molecule has 0 radical (unpaired) electrons. The van der Waals surface area contributed by atoms with E-state index in [9.17, 15) is 18.0 Å². The molecule has 0 heterocycles. The van der Waals surface area contributed by atoms with Gasteiger partial charge in [-0.1, -0.05) is 18.2 Å². The van der Waals surface area contributed by atoms with E-state index in [1.165, 1.54) is 25.1 Å². The molecule has 6 heteroatoms. The van der Waals surface area contributed by atoms with Crippen molar-refractivity contribution in [3.8, 4) is 0 Å². The average Bonchev–Trinajstić information content (AvgIpc) is 2.24. The van der Waals surface area contributed by atoms with Crippen LogP contribution in [0.1, 0.15) is 18.1 Å². The zero-order chi connectivity index (χ0) is 13.1. The number of hydrogen-bond donors (Lipinski definition) is 1. The van der Waals surface area contributed by atoms with Crippen LogP contribution in [0.3, 0.4) is 0 Å². The molecule has 0 saturated carbocycles. The fourth-order valence-electron chi connectivity index (χ4n) is 1.21. The van der Waals surface area contributed by atoms with Gasteiger partial charge in [0.15, 0.2) is 6.10 Å². The lowest BCUT2D eigenvalue weighted by molar-refractivity contribution is -0.150. The van der Waals surface area contributed by atoms with Crippen LogP contribution in [0.4, 0.5) is 13.2 Å². The molecule has 0 saturated heterocycles. The first-order valence-corrected chi connectivity index (χ1v) is 4.82. The lowest BCUT2D eigenvalue weighted by Crippen LogP contribution is -2.20. The Kier molecular flexibility index (Phi) is 4.11. The molecule has 0 aromatic heterocycles. The van der Waals surface area contributed by atoms with Crippen LogP contribution in [0.15, 0.2) is 24.3 Å². The summed E-state index contributed by atoms with van der Waals surface area (Å²) in [6, 6.07) is 4.91. The van der Waals surface area contributed by atoms with E-state index in [0.717, 1.165) is 6.07 Å². The molecule has 17 heavy (non-hydrogen) atoms. The summed E-state index contributed by atoms with van der Waals surface area (Å²) < 4.78 is 42.5. The molecule has 0 aliphatic heterocycles. The fraction of sp³-hybridized carbons (Fsp3) is 0.364. The number of ether oxygens (including phenoxy) is 1. The Labute approximate surface area is 95.8 Å². The SMILES string of the molecule is CC(OCc1ccccc1C(F)(F)F)C(=O)O. The number of carboxylic acids is 1. The number of halogens is 3. The molecule has 0 amide bonds. The zero-order valence-electron chi connectivity index (χ0n) is 8.99. The lowest BCUT2D eigenvalue weighted by Gasteiger charge is -2.14. The van der Waals surface area contributed by atoms with Gasteiger partial charge < -0.3 is 9.84 Å². The largest absolute Gasteiger partial charge is 0.479 e. The number of alkyl halides is 3. The minimum absolute atomic E-state index is 0.0758. The molecule has 0 aliphatic rings. The maximum atomic E-state index is 12.6. The molecule has 1 unspecified atom stereocenters. The van der Waals surface area contributed by atoms with Crippen LogP contribution in [0.2, 0.25) is 0 Å².